The molecule has 5 heteroatoms. The number of amides is 1. The van der Waals surface area contributed by atoms with Crippen molar-refractivity contribution in [3.05, 3.63) is 45.6 Å². The Morgan fingerprint density at radius 3 is 2.68 bits per heavy atom. The molecule has 1 amide bonds. The van der Waals surface area contributed by atoms with Crippen LogP contribution >= 0.6 is 23.1 Å². The number of carbonyl (C=O) groups excluding carboxylic acids is 1. The van der Waals surface area contributed by atoms with E-state index in [2.05, 4.69) is 16.3 Å². The number of thioether (sulfide) groups is 1. The first-order valence-corrected chi connectivity index (χ1v) is 9.58. The predicted octanol–water partition coefficient (Wildman–Crippen LogP) is 4.20. The zero-order chi connectivity index (χ0) is 15.1. The highest BCUT2D eigenvalue weighted by Crippen LogP contribution is 2.38. The van der Waals surface area contributed by atoms with Crippen molar-refractivity contribution in [3.63, 3.8) is 0 Å². The van der Waals surface area contributed by atoms with E-state index in [-0.39, 0.29) is 5.91 Å². The Labute approximate surface area is 138 Å². The average Bonchev–Trinajstić information content (AvgIpc) is 3.18. The predicted molar refractivity (Wildman–Crippen MR) is 92.8 cm³/mol. The molecule has 1 saturated carbocycles. The fraction of sp³-hybridized carbons (Fsp3) is 0.353. The number of anilines is 1. The minimum Gasteiger partial charge on any atom is -0.321 e. The number of rotatable bonds is 4. The van der Waals surface area contributed by atoms with Crippen LogP contribution in [-0.4, -0.2) is 23.1 Å². The molecule has 0 saturated heterocycles. The van der Waals surface area contributed by atoms with Gasteiger partial charge in [-0.15, -0.1) is 23.1 Å². The highest BCUT2D eigenvalue weighted by molar-refractivity contribution is 7.98. The molecule has 0 atom stereocenters. The van der Waals surface area contributed by atoms with Crippen LogP contribution in [0.4, 0.5) is 5.69 Å². The van der Waals surface area contributed by atoms with Crippen molar-refractivity contribution in [2.75, 3.05) is 11.6 Å². The summed E-state index contributed by atoms with van der Waals surface area (Å²) in [6, 6.07) is 10.9. The first-order chi connectivity index (χ1) is 10.7. The first-order valence-electron chi connectivity index (χ1n) is 7.54. The van der Waals surface area contributed by atoms with Gasteiger partial charge in [-0.05, 0) is 55.0 Å². The molecular formula is C17H18N2OS2. The average molecular weight is 330 g/mol. The summed E-state index contributed by atoms with van der Waals surface area (Å²) in [6.07, 6.45) is 4.73. The molecule has 4 rings (SSSR count). The topological polar surface area (TPSA) is 32.3 Å². The summed E-state index contributed by atoms with van der Waals surface area (Å²) >= 11 is 3.35. The molecule has 2 aromatic rings. The minimum atomic E-state index is 0.00859. The van der Waals surface area contributed by atoms with Crippen LogP contribution in [0.15, 0.2) is 35.2 Å². The van der Waals surface area contributed by atoms with E-state index < -0.39 is 0 Å². The standard InChI is InChI=1S/C17H18N2OS2/c1-21-14-6-2-12(3-7-14)18-17(20)15-8-11-9-19(13-4-5-13)10-16(11)22-15/h2-3,6-8,13H,4-5,9-10H2,1H3,(H,18,20). The van der Waals surface area contributed by atoms with E-state index in [1.807, 2.05) is 30.5 Å². The Hall–Kier alpha value is -1.30. The lowest BCUT2D eigenvalue weighted by Crippen LogP contribution is -2.18. The number of benzene rings is 1. The van der Waals surface area contributed by atoms with E-state index in [9.17, 15) is 4.79 Å². The Bertz CT molecular complexity index is 680. The lowest BCUT2D eigenvalue weighted by molar-refractivity contribution is 0.103. The maximum atomic E-state index is 12.4. The van der Waals surface area contributed by atoms with Gasteiger partial charge >= 0.3 is 0 Å². The zero-order valence-corrected chi connectivity index (χ0v) is 14.1. The van der Waals surface area contributed by atoms with Gasteiger partial charge in [-0.3, -0.25) is 9.69 Å². The second-order valence-corrected chi connectivity index (χ2v) is 7.89. The van der Waals surface area contributed by atoms with E-state index in [4.69, 9.17) is 0 Å². The first kappa shape index (κ1) is 14.3. The van der Waals surface area contributed by atoms with Crippen molar-refractivity contribution < 1.29 is 4.79 Å². The highest BCUT2D eigenvalue weighted by Gasteiger charge is 2.34. The van der Waals surface area contributed by atoms with E-state index >= 15 is 0 Å². The molecule has 3 nitrogen and oxygen atoms in total. The minimum absolute atomic E-state index is 0.00859. The van der Waals surface area contributed by atoms with Gasteiger partial charge in [-0.1, -0.05) is 0 Å². The third-order valence-electron chi connectivity index (χ3n) is 4.25. The number of fused-ring (bicyclic) bond motifs is 1. The number of hydrogen-bond acceptors (Lipinski definition) is 4. The van der Waals surface area contributed by atoms with E-state index in [1.165, 1.54) is 28.2 Å². The second kappa shape index (κ2) is 5.72. The van der Waals surface area contributed by atoms with Gasteiger partial charge in [0.15, 0.2) is 0 Å². The third kappa shape index (κ3) is 2.81. The molecule has 0 bridgehead atoms. The fourth-order valence-electron chi connectivity index (χ4n) is 2.87. The summed E-state index contributed by atoms with van der Waals surface area (Å²) in [4.78, 5) is 18.3. The van der Waals surface area contributed by atoms with Crippen molar-refractivity contribution >= 4 is 34.7 Å². The Morgan fingerprint density at radius 1 is 1.27 bits per heavy atom. The summed E-state index contributed by atoms with van der Waals surface area (Å²) in [5, 5.41) is 2.99. The Balaban J connectivity index is 1.44. The van der Waals surface area contributed by atoms with Crippen molar-refractivity contribution in [2.24, 2.45) is 0 Å². The number of nitrogens with one attached hydrogen (secondary N) is 1. The molecule has 22 heavy (non-hydrogen) atoms. The van der Waals surface area contributed by atoms with Crippen LogP contribution in [0.2, 0.25) is 0 Å². The number of thiophene rings is 1. The van der Waals surface area contributed by atoms with Gasteiger partial charge in [0, 0.05) is 34.6 Å². The van der Waals surface area contributed by atoms with Gasteiger partial charge in [-0.25, -0.2) is 0 Å². The summed E-state index contributed by atoms with van der Waals surface area (Å²) in [6.45, 7) is 2.05. The molecule has 2 heterocycles. The van der Waals surface area contributed by atoms with Crippen molar-refractivity contribution in [2.45, 2.75) is 36.9 Å². The Kier molecular flexibility index (Phi) is 3.72. The van der Waals surface area contributed by atoms with Gasteiger partial charge in [0.25, 0.3) is 5.91 Å². The molecule has 2 aliphatic rings. The van der Waals surface area contributed by atoms with Gasteiger partial charge in [0.05, 0.1) is 4.88 Å². The number of carbonyl (C=O) groups is 1. The van der Waals surface area contributed by atoms with E-state index in [1.54, 1.807) is 23.1 Å². The summed E-state index contributed by atoms with van der Waals surface area (Å²) in [5.41, 5.74) is 2.20. The van der Waals surface area contributed by atoms with Crippen LogP contribution in [0.3, 0.4) is 0 Å². The molecule has 1 aliphatic heterocycles. The maximum Gasteiger partial charge on any atom is 0.265 e. The quantitative estimate of drug-likeness (QED) is 0.853. The zero-order valence-electron chi connectivity index (χ0n) is 12.5. The normalized spacial score (nSPS) is 17.5. The fourth-order valence-corrected chi connectivity index (χ4v) is 4.37. The number of hydrogen-bond donors (Lipinski definition) is 1. The van der Waals surface area contributed by atoms with E-state index in [0.29, 0.717) is 0 Å². The summed E-state index contributed by atoms with van der Waals surface area (Å²) in [5.74, 6) is 0.00859. The summed E-state index contributed by atoms with van der Waals surface area (Å²) < 4.78 is 0. The molecule has 114 valence electrons. The molecule has 0 spiro atoms. The SMILES string of the molecule is CSc1ccc(NC(=O)c2cc3c(s2)CN(C2CC2)C3)cc1. The molecule has 1 N–H and O–H groups in total. The van der Waals surface area contributed by atoms with Gasteiger partial charge in [-0.2, -0.15) is 0 Å². The van der Waals surface area contributed by atoms with E-state index in [0.717, 1.165) is 29.7 Å². The number of nitrogens with zero attached hydrogens (tertiary/aromatic N) is 1. The third-order valence-corrected chi connectivity index (χ3v) is 6.16. The van der Waals surface area contributed by atoms with Gasteiger partial charge < -0.3 is 5.32 Å². The van der Waals surface area contributed by atoms with Crippen LogP contribution in [0, 0.1) is 0 Å². The molecule has 0 radical (unpaired) electrons. The molecular weight excluding hydrogens is 312 g/mol. The maximum absolute atomic E-state index is 12.4. The van der Waals surface area contributed by atoms with Crippen LogP contribution < -0.4 is 5.32 Å². The Morgan fingerprint density at radius 2 is 2.05 bits per heavy atom. The smallest absolute Gasteiger partial charge is 0.265 e. The molecule has 1 aromatic carbocycles. The van der Waals surface area contributed by atoms with Crippen molar-refractivity contribution in [3.8, 4) is 0 Å². The summed E-state index contributed by atoms with van der Waals surface area (Å²) in [7, 11) is 0. The highest BCUT2D eigenvalue weighted by atomic mass is 32.2. The van der Waals surface area contributed by atoms with Crippen LogP contribution in [0.25, 0.3) is 0 Å². The van der Waals surface area contributed by atoms with Crippen molar-refractivity contribution in [1.29, 1.82) is 0 Å². The second-order valence-electron chi connectivity index (χ2n) is 5.88. The molecule has 1 aromatic heterocycles. The largest absolute Gasteiger partial charge is 0.321 e. The lowest BCUT2D eigenvalue weighted by Gasteiger charge is -2.12. The molecule has 1 aliphatic carbocycles. The van der Waals surface area contributed by atoms with Gasteiger partial charge in [0.2, 0.25) is 0 Å². The van der Waals surface area contributed by atoms with Crippen molar-refractivity contribution in [1.82, 2.24) is 4.90 Å². The van der Waals surface area contributed by atoms with Crippen LogP contribution in [0.5, 0.6) is 0 Å². The molecule has 1 fully saturated rings. The monoisotopic (exact) mass is 330 g/mol. The van der Waals surface area contributed by atoms with Crippen LogP contribution in [-0.2, 0) is 13.1 Å². The van der Waals surface area contributed by atoms with Gasteiger partial charge in [0.1, 0.15) is 0 Å². The molecule has 0 unspecified atom stereocenters. The van der Waals surface area contributed by atoms with Crippen LogP contribution in [0.1, 0.15) is 33.0 Å². The lowest BCUT2D eigenvalue weighted by atomic mass is 10.2.